The van der Waals surface area contributed by atoms with Crippen LogP contribution in [-0.2, 0) is 42.9 Å². The van der Waals surface area contributed by atoms with Gasteiger partial charge in [-0.15, -0.1) is 0 Å². The number of epoxide rings is 1. The Kier molecular flexibility index (Phi) is 8.66. The summed E-state index contributed by atoms with van der Waals surface area (Å²) in [7, 11) is 0. The van der Waals surface area contributed by atoms with E-state index >= 15 is 0 Å². The van der Waals surface area contributed by atoms with E-state index in [1.807, 2.05) is 6.92 Å². The Hall–Kier alpha value is -2.92. The Labute approximate surface area is 282 Å². The van der Waals surface area contributed by atoms with E-state index in [2.05, 4.69) is 0 Å². The lowest BCUT2D eigenvalue weighted by molar-refractivity contribution is -0.328. The van der Waals surface area contributed by atoms with Crippen LogP contribution in [0.2, 0.25) is 0 Å². The number of carbonyl (C=O) groups is 4. The standard InChI is InChI=1S/C34H46O15/c1-15(36)45-21-12-22(38)48-30(2,3)19-11-20(37)33(6)18(32(19,21)5)7-9-31(4,34(33)27(49-34)28(42)43)26(16-8-10-44-14-16)47-29-25(41)24(40)23(39)17(13-35)46-29/h8,10,14,17-19,21,23-27,29,35,39-41H,7,9,11-13H2,1-6H3,(H,42,43)/t17-,18-,19+,21-,23-,24+,25-,26+,27?,29+,31+,32-,33+,34-/m1/s1. The quantitative estimate of drug-likeness (QED) is 0.198. The predicted octanol–water partition coefficient (Wildman–Crippen LogP) is 1.03. The number of ether oxygens (including phenoxy) is 5. The lowest BCUT2D eigenvalue weighted by Crippen LogP contribution is -2.72. The Morgan fingerprint density at radius 2 is 1.71 bits per heavy atom. The number of carbonyl (C=O) groups excluding carboxylic acids is 3. The Morgan fingerprint density at radius 3 is 2.29 bits per heavy atom. The molecule has 0 aromatic carbocycles. The van der Waals surface area contributed by atoms with Gasteiger partial charge in [0.05, 0.1) is 37.1 Å². The first-order chi connectivity index (χ1) is 22.8. The van der Waals surface area contributed by atoms with E-state index in [0.29, 0.717) is 5.56 Å². The predicted molar refractivity (Wildman–Crippen MR) is 162 cm³/mol. The van der Waals surface area contributed by atoms with Gasteiger partial charge in [0.25, 0.3) is 0 Å². The highest BCUT2D eigenvalue weighted by atomic mass is 16.7. The molecular weight excluding hydrogens is 648 g/mol. The summed E-state index contributed by atoms with van der Waals surface area (Å²) in [5.74, 6) is -4.14. The van der Waals surface area contributed by atoms with Gasteiger partial charge in [-0.3, -0.25) is 14.4 Å². The molecule has 1 unspecified atom stereocenters. The van der Waals surface area contributed by atoms with Crippen LogP contribution in [0.15, 0.2) is 23.0 Å². The number of furan rings is 1. The first-order valence-electron chi connectivity index (χ1n) is 16.6. The summed E-state index contributed by atoms with van der Waals surface area (Å²) in [4.78, 5) is 53.4. The number of ketones is 1. The normalized spacial score (nSPS) is 46.5. The maximum absolute atomic E-state index is 14.8. The van der Waals surface area contributed by atoms with Gasteiger partial charge >= 0.3 is 17.9 Å². The average molecular weight is 695 g/mol. The number of fused-ring (bicyclic) bond motifs is 4. The highest BCUT2D eigenvalue weighted by Gasteiger charge is 2.87. The topological polar surface area (TPSA) is 232 Å². The van der Waals surface area contributed by atoms with Crippen molar-refractivity contribution in [2.24, 2.45) is 28.1 Å². The van der Waals surface area contributed by atoms with Gasteiger partial charge in [-0.2, -0.15) is 0 Å². The molecule has 0 radical (unpaired) electrons. The summed E-state index contributed by atoms with van der Waals surface area (Å²) >= 11 is 0. The number of hydrogen-bond acceptors (Lipinski definition) is 14. The lowest BCUT2D eigenvalue weighted by Gasteiger charge is -2.65. The van der Waals surface area contributed by atoms with Crippen molar-refractivity contribution in [3.8, 4) is 0 Å². The molecule has 0 bridgehead atoms. The van der Waals surface area contributed by atoms with E-state index in [4.69, 9.17) is 28.1 Å². The van der Waals surface area contributed by atoms with Gasteiger partial charge in [0.1, 0.15) is 47.5 Å². The third-order valence-corrected chi connectivity index (χ3v) is 12.7. The Bertz CT molecular complexity index is 1490. The van der Waals surface area contributed by atoms with Crippen LogP contribution >= 0.6 is 0 Å². The van der Waals surface area contributed by atoms with Gasteiger partial charge in [-0.05, 0) is 45.6 Å². The second-order valence-corrected chi connectivity index (χ2v) is 15.5. The van der Waals surface area contributed by atoms with Gasteiger partial charge in [0, 0.05) is 35.7 Å². The van der Waals surface area contributed by atoms with Crippen molar-refractivity contribution in [2.45, 2.75) is 127 Å². The third-order valence-electron chi connectivity index (χ3n) is 12.7. The molecule has 15 heteroatoms. The second-order valence-electron chi connectivity index (χ2n) is 15.5. The third kappa shape index (κ3) is 4.94. The van der Waals surface area contributed by atoms with Crippen LogP contribution in [-0.4, -0.2) is 110 Å². The lowest BCUT2D eigenvalue weighted by atomic mass is 9.37. The molecule has 15 nitrogen and oxygen atoms in total. The molecule has 6 rings (SSSR count). The molecule has 2 aliphatic carbocycles. The van der Waals surface area contributed by atoms with Crippen molar-refractivity contribution < 1.29 is 72.8 Å². The summed E-state index contributed by atoms with van der Waals surface area (Å²) in [6.45, 7) is 9.26. The Morgan fingerprint density at radius 1 is 1.02 bits per heavy atom. The minimum absolute atomic E-state index is 0.140. The molecule has 5 fully saturated rings. The fourth-order valence-electron chi connectivity index (χ4n) is 10.4. The van der Waals surface area contributed by atoms with E-state index in [-0.39, 0.29) is 31.5 Å². The molecule has 2 saturated carbocycles. The van der Waals surface area contributed by atoms with Crippen LogP contribution in [0, 0.1) is 28.1 Å². The minimum Gasteiger partial charge on any atom is -0.479 e. The number of aliphatic hydroxyl groups is 4. The largest absolute Gasteiger partial charge is 0.479 e. The number of esters is 2. The van der Waals surface area contributed by atoms with E-state index in [1.54, 1.807) is 33.8 Å². The van der Waals surface area contributed by atoms with Crippen molar-refractivity contribution in [3.05, 3.63) is 24.2 Å². The maximum atomic E-state index is 14.8. The van der Waals surface area contributed by atoms with Gasteiger partial charge in [-0.25, -0.2) is 4.79 Å². The molecule has 0 amide bonds. The molecular formula is C34H46O15. The van der Waals surface area contributed by atoms with Crippen LogP contribution < -0.4 is 0 Å². The first kappa shape index (κ1) is 35.9. The highest BCUT2D eigenvalue weighted by Crippen LogP contribution is 2.77. The SMILES string of the molecule is CC(=O)O[C@@H]1CC(=O)OC(C)(C)[C@@H]2CC(=O)[C@]3(C)[C@H](CC[C@@](C)([C@@H](O[C@@H]4O[C@H](CO)[C@@H](O)[C@H](O)[C@H]4O)c4ccoc4)[C@@]34OC4C(=O)O)[C@@]12C. The molecule has 1 aromatic rings. The van der Waals surface area contributed by atoms with Crippen LogP contribution in [0.1, 0.15) is 78.9 Å². The zero-order chi connectivity index (χ0) is 36.1. The smallest absolute Gasteiger partial charge is 0.335 e. The van der Waals surface area contributed by atoms with Gasteiger partial charge in [0.15, 0.2) is 12.4 Å². The molecule has 3 aliphatic heterocycles. The molecule has 1 spiro atoms. The minimum atomic E-state index is -1.78. The second kappa shape index (κ2) is 11.8. The monoisotopic (exact) mass is 694 g/mol. The summed E-state index contributed by atoms with van der Waals surface area (Å²) in [6, 6.07) is 1.58. The summed E-state index contributed by atoms with van der Waals surface area (Å²) in [5.41, 5.74) is -6.51. The number of aliphatic carboxylic acids is 1. The average Bonchev–Trinajstić information content (AvgIpc) is 3.60. The van der Waals surface area contributed by atoms with Crippen molar-refractivity contribution in [1.82, 2.24) is 0 Å². The van der Waals surface area contributed by atoms with E-state index < -0.39 is 113 Å². The number of carboxylic acid groups (broad SMARTS) is 1. The van der Waals surface area contributed by atoms with Gasteiger partial charge in [-0.1, -0.05) is 13.8 Å². The Balaban J connectivity index is 1.51. The molecule has 1 aromatic heterocycles. The summed E-state index contributed by atoms with van der Waals surface area (Å²) < 4.78 is 35.6. The number of Topliss-reactive ketones (excluding diaryl/α,β-unsaturated/α-hetero) is 1. The molecule has 14 atom stereocenters. The van der Waals surface area contributed by atoms with Crippen LogP contribution in [0.3, 0.4) is 0 Å². The van der Waals surface area contributed by atoms with Crippen molar-refractivity contribution in [3.63, 3.8) is 0 Å². The zero-order valence-electron chi connectivity index (χ0n) is 28.4. The van der Waals surface area contributed by atoms with Crippen molar-refractivity contribution >= 4 is 23.7 Å². The number of aliphatic hydroxyl groups excluding tert-OH is 4. The van der Waals surface area contributed by atoms with Gasteiger partial charge in [0.2, 0.25) is 0 Å². The van der Waals surface area contributed by atoms with Crippen molar-refractivity contribution in [1.29, 1.82) is 0 Å². The molecule has 5 aliphatic rings. The van der Waals surface area contributed by atoms with Crippen LogP contribution in [0.5, 0.6) is 0 Å². The molecule has 49 heavy (non-hydrogen) atoms. The maximum Gasteiger partial charge on any atom is 0.335 e. The number of carboxylic acids is 1. The fourth-order valence-corrected chi connectivity index (χ4v) is 10.4. The van der Waals surface area contributed by atoms with Gasteiger partial charge < -0.3 is 53.6 Å². The first-order valence-corrected chi connectivity index (χ1v) is 16.6. The summed E-state index contributed by atoms with van der Waals surface area (Å²) in [6.07, 6.45) is -8.99. The van der Waals surface area contributed by atoms with Crippen LogP contribution in [0.4, 0.5) is 0 Å². The number of hydrogen-bond donors (Lipinski definition) is 5. The number of cyclic esters (lactones) is 1. The van der Waals surface area contributed by atoms with E-state index in [9.17, 15) is 44.7 Å². The molecule has 4 heterocycles. The van der Waals surface area contributed by atoms with E-state index in [1.165, 1.54) is 19.5 Å². The van der Waals surface area contributed by atoms with E-state index in [0.717, 1.165) is 0 Å². The molecule has 5 N–H and O–H groups in total. The highest BCUT2D eigenvalue weighted by molar-refractivity contribution is 5.92. The zero-order valence-corrected chi connectivity index (χ0v) is 28.4. The van der Waals surface area contributed by atoms with Crippen molar-refractivity contribution in [2.75, 3.05) is 6.61 Å². The number of rotatable bonds is 7. The summed E-state index contributed by atoms with van der Waals surface area (Å²) in [5, 5.41) is 52.3. The molecule has 272 valence electrons. The van der Waals surface area contributed by atoms with Crippen LogP contribution in [0.25, 0.3) is 0 Å². The fraction of sp³-hybridized carbons (Fsp3) is 0.765. The molecule has 3 saturated heterocycles.